The van der Waals surface area contributed by atoms with Crippen molar-refractivity contribution in [2.75, 3.05) is 18.6 Å². The fraction of sp³-hybridized carbons (Fsp3) is 0.636. The van der Waals surface area contributed by atoms with E-state index in [2.05, 4.69) is 10.6 Å². The Balaban J connectivity index is 4.35. The SMILES string of the molecule is CSC[C@@H](NC(=O)CC[C@H](N)C(=O)O)C(=O)NCC(=O)O. The Morgan fingerprint density at radius 2 is 1.86 bits per heavy atom. The molecule has 0 aliphatic heterocycles. The van der Waals surface area contributed by atoms with Gasteiger partial charge in [0.15, 0.2) is 0 Å². The lowest BCUT2D eigenvalue weighted by Crippen LogP contribution is -2.49. The lowest BCUT2D eigenvalue weighted by molar-refractivity contribution is -0.139. The van der Waals surface area contributed by atoms with Crippen LogP contribution in [0.5, 0.6) is 0 Å². The summed E-state index contributed by atoms with van der Waals surface area (Å²) in [4.78, 5) is 44.2. The van der Waals surface area contributed by atoms with Crippen molar-refractivity contribution in [3.05, 3.63) is 0 Å². The maximum Gasteiger partial charge on any atom is 0.322 e. The first-order valence-electron chi connectivity index (χ1n) is 6.04. The van der Waals surface area contributed by atoms with Gasteiger partial charge in [-0.3, -0.25) is 19.2 Å². The summed E-state index contributed by atoms with van der Waals surface area (Å²) in [6, 6.07) is -2.02. The molecule has 0 saturated carbocycles. The molecule has 0 saturated heterocycles. The van der Waals surface area contributed by atoms with E-state index in [9.17, 15) is 19.2 Å². The number of carbonyl (C=O) groups excluding carboxylic acids is 2. The first-order valence-corrected chi connectivity index (χ1v) is 7.43. The molecule has 0 bridgehead atoms. The van der Waals surface area contributed by atoms with Gasteiger partial charge in [0.1, 0.15) is 18.6 Å². The van der Waals surface area contributed by atoms with E-state index >= 15 is 0 Å². The molecule has 2 atom stereocenters. The molecule has 0 radical (unpaired) electrons. The molecule has 10 heteroatoms. The number of hydrogen-bond acceptors (Lipinski definition) is 6. The summed E-state index contributed by atoms with van der Waals surface area (Å²) in [6.45, 7) is -0.538. The summed E-state index contributed by atoms with van der Waals surface area (Å²) in [5.74, 6) is -3.26. The molecule has 0 fully saturated rings. The molecule has 0 unspecified atom stereocenters. The summed E-state index contributed by atoms with van der Waals surface area (Å²) in [5, 5.41) is 21.7. The Hall–Kier alpha value is -1.81. The topological polar surface area (TPSA) is 159 Å². The molecule has 9 nitrogen and oxygen atoms in total. The van der Waals surface area contributed by atoms with Crippen LogP contribution in [0.25, 0.3) is 0 Å². The fourth-order valence-corrected chi connectivity index (χ4v) is 1.88. The Bertz CT molecular complexity index is 403. The molecular weight excluding hydrogens is 302 g/mol. The van der Waals surface area contributed by atoms with E-state index < -0.39 is 42.4 Å². The van der Waals surface area contributed by atoms with Crippen LogP contribution in [0.1, 0.15) is 12.8 Å². The van der Waals surface area contributed by atoms with Crippen molar-refractivity contribution in [2.45, 2.75) is 24.9 Å². The van der Waals surface area contributed by atoms with E-state index in [1.54, 1.807) is 6.26 Å². The number of carboxylic acid groups (broad SMARTS) is 2. The number of nitrogens with two attached hydrogens (primary N) is 1. The molecule has 2 amide bonds. The molecule has 0 aliphatic rings. The van der Waals surface area contributed by atoms with Crippen molar-refractivity contribution in [2.24, 2.45) is 5.73 Å². The molecular formula is C11H19N3O6S. The second kappa shape index (κ2) is 10.00. The van der Waals surface area contributed by atoms with E-state index in [4.69, 9.17) is 15.9 Å². The van der Waals surface area contributed by atoms with Gasteiger partial charge in [-0.2, -0.15) is 11.8 Å². The second-order valence-corrected chi connectivity index (χ2v) is 5.08. The average Bonchev–Trinajstić information content (AvgIpc) is 2.41. The third-order valence-corrected chi connectivity index (χ3v) is 3.07. The van der Waals surface area contributed by atoms with Crippen molar-refractivity contribution in [1.29, 1.82) is 0 Å². The maximum atomic E-state index is 11.7. The molecule has 0 aromatic heterocycles. The van der Waals surface area contributed by atoms with Crippen molar-refractivity contribution >= 4 is 35.5 Å². The molecule has 0 spiro atoms. The van der Waals surface area contributed by atoms with Crippen LogP contribution in [0.4, 0.5) is 0 Å². The average molecular weight is 321 g/mol. The molecule has 0 aromatic rings. The van der Waals surface area contributed by atoms with Gasteiger partial charge in [0.25, 0.3) is 0 Å². The number of thioether (sulfide) groups is 1. The minimum Gasteiger partial charge on any atom is -0.480 e. The molecule has 0 aromatic carbocycles. The number of amides is 2. The Kier molecular flexibility index (Phi) is 9.13. The summed E-state index contributed by atoms with van der Waals surface area (Å²) >= 11 is 1.30. The van der Waals surface area contributed by atoms with E-state index in [1.165, 1.54) is 11.8 Å². The molecule has 6 N–H and O–H groups in total. The largest absolute Gasteiger partial charge is 0.480 e. The summed E-state index contributed by atoms with van der Waals surface area (Å²) < 4.78 is 0. The van der Waals surface area contributed by atoms with Crippen LogP contribution in [0.15, 0.2) is 0 Å². The van der Waals surface area contributed by atoms with Gasteiger partial charge in [0.05, 0.1) is 0 Å². The van der Waals surface area contributed by atoms with E-state index in [1.807, 2.05) is 0 Å². The van der Waals surface area contributed by atoms with Gasteiger partial charge in [0, 0.05) is 12.2 Å². The van der Waals surface area contributed by atoms with Crippen LogP contribution in [-0.4, -0.2) is 64.6 Å². The summed E-state index contributed by atoms with van der Waals surface area (Å²) in [7, 11) is 0. The van der Waals surface area contributed by atoms with Crippen LogP contribution in [0, 0.1) is 0 Å². The van der Waals surface area contributed by atoms with Crippen LogP contribution in [-0.2, 0) is 19.2 Å². The minimum absolute atomic E-state index is 0.0517. The number of hydrogen-bond donors (Lipinski definition) is 5. The van der Waals surface area contributed by atoms with Gasteiger partial charge in [-0.15, -0.1) is 0 Å². The predicted octanol–water partition coefficient (Wildman–Crippen LogP) is -1.77. The van der Waals surface area contributed by atoms with Gasteiger partial charge in [-0.1, -0.05) is 0 Å². The minimum atomic E-state index is -1.21. The third kappa shape index (κ3) is 8.87. The highest BCUT2D eigenvalue weighted by atomic mass is 32.2. The zero-order valence-electron chi connectivity index (χ0n) is 11.5. The van der Waals surface area contributed by atoms with E-state index in [0.29, 0.717) is 0 Å². The van der Waals surface area contributed by atoms with Crippen LogP contribution in [0.3, 0.4) is 0 Å². The molecule has 120 valence electrons. The Morgan fingerprint density at radius 1 is 1.24 bits per heavy atom. The van der Waals surface area contributed by atoms with Crippen molar-refractivity contribution in [3.8, 4) is 0 Å². The molecule has 0 aliphatic carbocycles. The number of aliphatic carboxylic acids is 2. The zero-order chi connectivity index (χ0) is 16.4. The number of carbonyl (C=O) groups is 4. The lowest BCUT2D eigenvalue weighted by atomic mass is 10.1. The fourth-order valence-electron chi connectivity index (χ4n) is 1.31. The van der Waals surface area contributed by atoms with Gasteiger partial charge >= 0.3 is 11.9 Å². The van der Waals surface area contributed by atoms with Gasteiger partial charge in [-0.05, 0) is 12.7 Å². The number of nitrogens with one attached hydrogen (secondary N) is 2. The van der Waals surface area contributed by atoms with E-state index in [0.717, 1.165) is 0 Å². The standard InChI is InChI=1S/C11H19N3O6S/c1-21-5-7(10(18)13-4-9(16)17)14-8(15)3-2-6(12)11(19)20/h6-7H,2-5,12H2,1H3,(H,13,18)(H,14,15)(H,16,17)(H,19,20)/t6-,7+/m0/s1. The first kappa shape index (κ1) is 19.2. The van der Waals surface area contributed by atoms with Crippen LogP contribution in [0.2, 0.25) is 0 Å². The molecule has 0 rings (SSSR count). The van der Waals surface area contributed by atoms with Crippen molar-refractivity contribution in [3.63, 3.8) is 0 Å². The van der Waals surface area contributed by atoms with Crippen LogP contribution >= 0.6 is 11.8 Å². The van der Waals surface area contributed by atoms with Crippen LogP contribution < -0.4 is 16.4 Å². The second-order valence-electron chi connectivity index (χ2n) is 4.17. The van der Waals surface area contributed by atoms with Crippen molar-refractivity contribution in [1.82, 2.24) is 10.6 Å². The summed E-state index contributed by atoms with van der Waals surface area (Å²) in [6.07, 6.45) is 1.54. The predicted molar refractivity (Wildman–Crippen MR) is 75.8 cm³/mol. The van der Waals surface area contributed by atoms with Crippen molar-refractivity contribution < 1.29 is 29.4 Å². The van der Waals surface area contributed by atoms with Gasteiger partial charge in [-0.25, -0.2) is 0 Å². The normalized spacial score (nSPS) is 13.0. The highest BCUT2D eigenvalue weighted by Crippen LogP contribution is 2.00. The Labute approximate surface area is 125 Å². The zero-order valence-corrected chi connectivity index (χ0v) is 12.3. The lowest BCUT2D eigenvalue weighted by Gasteiger charge is -2.17. The number of rotatable bonds is 10. The number of carboxylic acids is 2. The highest BCUT2D eigenvalue weighted by molar-refractivity contribution is 7.98. The monoisotopic (exact) mass is 321 g/mol. The van der Waals surface area contributed by atoms with Gasteiger partial charge in [0.2, 0.25) is 11.8 Å². The molecule has 0 heterocycles. The smallest absolute Gasteiger partial charge is 0.322 e. The van der Waals surface area contributed by atoms with E-state index in [-0.39, 0.29) is 18.6 Å². The summed E-state index contributed by atoms with van der Waals surface area (Å²) in [5.41, 5.74) is 5.27. The Morgan fingerprint density at radius 3 is 2.33 bits per heavy atom. The quantitative estimate of drug-likeness (QED) is 0.316. The van der Waals surface area contributed by atoms with Gasteiger partial charge < -0.3 is 26.6 Å². The molecule has 21 heavy (non-hydrogen) atoms. The third-order valence-electron chi connectivity index (χ3n) is 2.40. The highest BCUT2D eigenvalue weighted by Gasteiger charge is 2.21. The maximum absolute atomic E-state index is 11.7. The first-order chi connectivity index (χ1) is 9.77.